The van der Waals surface area contributed by atoms with Gasteiger partial charge in [0, 0.05) is 35.7 Å². The number of carbonyl (C=O) groups excluding carboxylic acids is 1. The first kappa shape index (κ1) is 37.9. The highest BCUT2D eigenvalue weighted by molar-refractivity contribution is 6.02. The van der Waals surface area contributed by atoms with Crippen LogP contribution in [-0.2, 0) is 4.79 Å². The third-order valence-electron chi connectivity index (χ3n) is 10.5. The summed E-state index contributed by atoms with van der Waals surface area (Å²) in [6.45, 7) is 5.95. The molecule has 10 nitrogen and oxygen atoms in total. The minimum absolute atomic E-state index is 0.123. The van der Waals surface area contributed by atoms with Gasteiger partial charge in [0.2, 0.25) is 5.91 Å². The number of nitrogens with one attached hydrogen (secondary N) is 3. The van der Waals surface area contributed by atoms with Crippen molar-refractivity contribution < 1.29 is 14.3 Å². The highest BCUT2D eigenvalue weighted by Gasteiger charge is 2.38. The molecule has 5 rings (SSSR count). The van der Waals surface area contributed by atoms with Gasteiger partial charge < -0.3 is 30.3 Å². The third-order valence-corrected chi connectivity index (χ3v) is 10.5. The van der Waals surface area contributed by atoms with Crippen LogP contribution in [0.25, 0.3) is 10.9 Å². The van der Waals surface area contributed by atoms with Crippen LogP contribution >= 0.6 is 0 Å². The Morgan fingerprint density at radius 1 is 0.980 bits per heavy atom. The number of piperidine rings is 1. The molecule has 2 atom stereocenters. The van der Waals surface area contributed by atoms with Gasteiger partial charge in [-0.2, -0.15) is 10.5 Å². The van der Waals surface area contributed by atoms with E-state index in [4.69, 9.17) is 9.47 Å². The molecule has 1 saturated carbocycles. The fourth-order valence-electron chi connectivity index (χ4n) is 7.56. The van der Waals surface area contributed by atoms with Crippen molar-refractivity contribution in [1.82, 2.24) is 15.2 Å². The first-order valence-electron chi connectivity index (χ1n) is 18.9. The lowest BCUT2D eigenvalue weighted by Gasteiger charge is -2.46. The molecule has 1 spiro atoms. The van der Waals surface area contributed by atoms with E-state index in [2.05, 4.69) is 40.0 Å². The van der Waals surface area contributed by atoms with Crippen LogP contribution in [0.4, 0.5) is 17.1 Å². The average Bonchev–Trinajstić information content (AvgIpc) is 3.12. The molecule has 1 aliphatic carbocycles. The number of aromatic nitrogens is 1. The van der Waals surface area contributed by atoms with E-state index in [-0.39, 0.29) is 17.5 Å². The number of rotatable bonds is 12. The number of pyridine rings is 1. The standard InChI is InChI=1S/C41H55N7O3/c1-5-50-38-24-35-33(23-36(38)45-39(49)14-13-21-48(3)4)40(31(26-43)27-44-35)46-34-16-15-32(22-30(34)25-42)51-28-37-29(2)17-20-41(47-37)18-11-9-7-6-8-10-12-19-41/h15-16,22-24,27,29,37,47H,5-14,17-21,28H2,1-4H3,(H,44,46)(H,45,49). The number of benzene rings is 2. The van der Waals surface area contributed by atoms with E-state index in [1.54, 1.807) is 18.2 Å². The van der Waals surface area contributed by atoms with Gasteiger partial charge in [0.1, 0.15) is 30.2 Å². The Balaban J connectivity index is 1.34. The molecule has 2 aliphatic rings. The molecule has 51 heavy (non-hydrogen) atoms. The molecule has 2 heterocycles. The minimum Gasteiger partial charge on any atom is -0.492 e. The maximum atomic E-state index is 12.9. The molecule has 1 aliphatic heterocycles. The molecule has 10 heteroatoms. The van der Waals surface area contributed by atoms with Crippen molar-refractivity contribution in [1.29, 1.82) is 10.5 Å². The van der Waals surface area contributed by atoms with Crippen LogP contribution < -0.4 is 25.4 Å². The number of fused-ring (bicyclic) bond motifs is 1. The van der Waals surface area contributed by atoms with Gasteiger partial charge in [0.25, 0.3) is 0 Å². The number of hydrogen-bond acceptors (Lipinski definition) is 9. The quantitative estimate of drug-likeness (QED) is 0.171. The van der Waals surface area contributed by atoms with Gasteiger partial charge in [-0.05, 0) is 89.9 Å². The summed E-state index contributed by atoms with van der Waals surface area (Å²) in [5.74, 6) is 1.52. The zero-order chi connectivity index (χ0) is 36.2. The van der Waals surface area contributed by atoms with Crippen molar-refractivity contribution in [3.63, 3.8) is 0 Å². The lowest BCUT2D eigenvalue weighted by Crippen LogP contribution is -2.58. The predicted octanol–water partition coefficient (Wildman–Crippen LogP) is 8.43. The minimum atomic E-state index is -0.123. The molecule has 1 amide bonds. The summed E-state index contributed by atoms with van der Waals surface area (Å²) in [6, 6.07) is 13.8. The Morgan fingerprint density at radius 2 is 1.71 bits per heavy atom. The van der Waals surface area contributed by atoms with Crippen LogP contribution in [0.3, 0.4) is 0 Å². The summed E-state index contributed by atoms with van der Waals surface area (Å²) >= 11 is 0. The highest BCUT2D eigenvalue weighted by Crippen LogP contribution is 2.38. The second kappa shape index (κ2) is 18.2. The van der Waals surface area contributed by atoms with E-state index in [0.29, 0.717) is 76.1 Å². The lowest BCUT2D eigenvalue weighted by molar-refractivity contribution is -0.116. The third kappa shape index (κ3) is 10.1. The van der Waals surface area contributed by atoms with Crippen molar-refractivity contribution in [3.05, 3.63) is 47.7 Å². The number of nitriles is 2. The molecule has 0 bridgehead atoms. The summed E-state index contributed by atoms with van der Waals surface area (Å²) < 4.78 is 12.3. The molecular weight excluding hydrogens is 638 g/mol. The molecule has 2 aromatic carbocycles. The van der Waals surface area contributed by atoms with Crippen molar-refractivity contribution in [2.24, 2.45) is 5.92 Å². The number of carbonyl (C=O) groups is 1. The molecule has 0 radical (unpaired) electrons. The van der Waals surface area contributed by atoms with E-state index >= 15 is 0 Å². The SMILES string of the molecule is CCOc1cc2ncc(C#N)c(Nc3ccc(OCC4NC5(CCCCCCCCC5)CCC4C)cc3C#N)c2cc1NC(=O)CCCN(C)C. The van der Waals surface area contributed by atoms with E-state index in [9.17, 15) is 15.3 Å². The van der Waals surface area contributed by atoms with Gasteiger partial charge >= 0.3 is 0 Å². The smallest absolute Gasteiger partial charge is 0.224 e. The number of ether oxygens (including phenoxy) is 2. The van der Waals surface area contributed by atoms with Gasteiger partial charge in [-0.25, -0.2) is 0 Å². The molecule has 2 unspecified atom stereocenters. The van der Waals surface area contributed by atoms with Gasteiger partial charge in [0.15, 0.2) is 0 Å². The van der Waals surface area contributed by atoms with Crippen molar-refractivity contribution in [3.8, 4) is 23.6 Å². The van der Waals surface area contributed by atoms with Gasteiger partial charge in [-0.1, -0.05) is 51.9 Å². The average molecular weight is 694 g/mol. The second-order valence-electron chi connectivity index (χ2n) is 14.7. The van der Waals surface area contributed by atoms with Crippen molar-refractivity contribution in [2.75, 3.05) is 44.5 Å². The Bertz CT molecular complexity index is 1720. The molecule has 1 aromatic heterocycles. The van der Waals surface area contributed by atoms with Crippen LogP contribution in [0.5, 0.6) is 11.5 Å². The molecular formula is C41H55N7O3. The number of amides is 1. The monoisotopic (exact) mass is 693 g/mol. The maximum absolute atomic E-state index is 12.9. The molecule has 272 valence electrons. The van der Waals surface area contributed by atoms with Gasteiger partial charge in [-0.3, -0.25) is 9.78 Å². The van der Waals surface area contributed by atoms with Crippen LogP contribution in [0.2, 0.25) is 0 Å². The second-order valence-corrected chi connectivity index (χ2v) is 14.7. The van der Waals surface area contributed by atoms with E-state index in [1.807, 2.05) is 38.1 Å². The van der Waals surface area contributed by atoms with Crippen molar-refractivity contribution >= 4 is 33.9 Å². The van der Waals surface area contributed by atoms with Gasteiger partial charge in [0.05, 0.1) is 40.3 Å². The largest absolute Gasteiger partial charge is 0.492 e. The maximum Gasteiger partial charge on any atom is 0.224 e. The summed E-state index contributed by atoms with van der Waals surface area (Å²) in [4.78, 5) is 19.4. The fourth-order valence-corrected chi connectivity index (χ4v) is 7.56. The van der Waals surface area contributed by atoms with Crippen molar-refractivity contribution in [2.45, 2.75) is 109 Å². The first-order chi connectivity index (χ1) is 24.7. The zero-order valence-corrected chi connectivity index (χ0v) is 30.9. The van der Waals surface area contributed by atoms with E-state index in [1.165, 1.54) is 76.8 Å². The van der Waals surface area contributed by atoms with Crippen LogP contribution in [0, 0.1) is 28.6 Å². The molecule has 2 fully saturated rings. The Hall–Kier alpha value is -4.38. The summed E-state index contributed by atoms with van der Waals surface area (Å²) in [6.07, 6.45) is 16.8. The molecule has 3 N–H and O–H groups in total. The summed E-state index contributed by atoms with van der Waals surface area (Å²) in [5, 5.41) is 31.3. The highest BCUT2D eigenvalue weighted by atomic mass is 16.5. The van der Waals surface area contributed by atoms with Crippen LogP contribution in [-0.4, -0.2) is 61.2 Å². The number of nitrogens with zero attached hydrogens (tertiary/aromatic N) is 4. The Labute approximate surface area is 303 Å². The normalized spacial score (nSPS) is 19.2. The van der Waals surface area contributed by atoms with E-state index < -0.39 is 0 Å². The van der Waals surface area contributed by atoms with Crippen LogP contribution in [0.1, 0.15) is 108 Å². The van der Waals surface area contributed by atoms with Gasteiger partial charge in [-0.15, -0.1) is 0 Å². The lowest BCUT2D eigenvalue weighted by atomic mass is 9.74. The zero-order valence-electron chi connectivity index (χ0n) is 30.9. The Morgan fingerprint density at radius 3 is 2.39 bits per heavy atom. The predicted molar refractivity (Wildman–Crippen MR) is 204 cm³/mol. The number of hydrogen-bond donors (Lipinski definition) is 3. The summed E-state index contributed by atoms with van der Waals surface area (Å²) in [7, 11) is 3.95. The fraction of sp³-hybridized carbons (Fsp3) is 0.561. The Kier molecular flexibility index (Phi) is 13.5. The van der Waals surface area contributed by atoms with E-state index in [0.717, 1.165) is 13.0 Å². The molecule has 3 aromatic rings. The topological polar surface area (TPSA) is 135 Å². The van der Waals surface area contributed by atoms with Crippen LogP contribution in [0.15, 0.2) is 36.5 Å². The number of anilines is 3. The summed E-state index contributed by atoms with van der Waals surface area (Å²) in [5.41, 5.74) is 3.04. The molecule has 1 saturated heterocycles. The first-order valence-corrected chi connectivity index (χ1v) is 18.9.